The molecule has 1 amide bonds. The van der Waals surface area contributed by atoms with Crippen molar-refractivity contribution in [3.8, 4) is 0 Å². The minimum Gasteiger partial charge on any atom is -0.322 e. The third kappa shape index (κ3) is 6.68. The first-order valence-corrected chi connectivity index (χ1v) is 12.1. The van der Waals surface area contributed by atoms with Gasteiger partial charge in [0.05, 0.1) is 10.5 Å². The summed E-state index contributed by atoms with van der Waals surface area (Å²) >= 11 is 0. The van der Waals surface area contributed by atoms with Crippen molar-refractivity contribution in [2.75, 3.05) is 5.32 Å². The number of nitrogens with one attached hydrogen (secondary N) is 2. The molecule has 2 N–H and O–H groups in total. The molecule has 0 aliphatic heterocycles. The molecule has 9 heteroatoms. The molecule has 34 heavy (non-hydrogen) atoms. The van der Waals surface area contributed by atoms with E-state index >= 15 is 0 Å². The minimum atomic E-state index is -4.55. The lowest BCUT2D eigenvalue weighted by Gasteiger charge is -2.16. The van der Waals surface area contributed by atoms with E-state index in [1.54, 1.807) is 13.8 Å². The van der Waals surface area contributed by atoms with Crippen molar-refractivity contribution in [2.24, 2.45) is 0 Å². The molecule has 3 aromatic rings. The standard InChI is InChI=1S/C25H25F3N2O3S/c1-17-11-14-22(34(32,33)30-18(2)12-13-19-7-4-3-5-8-19)16-23(17)24(31)29-21-10-6-9-20(15-21)25(26,27)28/h3-11,14-16,18,30H,12-13H2,1-2H3,(H,29,31)/t18-/m0/s1. The van der Waals surface area contributed by atoms with E-state index in [-0.39, 0.29) is 22.2 Å². The molecule has 0 unspecified atom stereocenters. The number of rotatable bonds is 8. The molecule has 0 heterocycles. The number of amides is 1. The number of carbonyl (C=O) groups is 1. The van der Waals surface area contributed by atoms with Crippen molar-refractivity contribution in [1.29, 1.82) is 0 Å². The van der Waals surface area contributed by atoms with Crippen molar-refractivity contribution in [3.05, 3.63) is 95.1 Å². The molecule has 0 aromatic heterocycles. The normalized spacial score (nSPS) is 12.9. The zero-order valence-corrected chi connectivity index (χ0v) is 19.5. The summed E-state index contributed by atoms with van der Waals surface area (Å²) in [4.78, 5) is 12.7. The van der Waals surface area contributed by atoms with E-state index in [1.165, 1.54) is 30.3 Å². The minimum absolute atomic E-state index is 0.0415. The monoisotopic (exact) mass is 490 g/mol. The Hall–Kier alpha value is -3.17. The Morgan fingerprint density at radius 3 is 2.35 bits per heavy atom. The summed E-state index contributed by atoms with van der Waals surface area (Å²) in [6.07, 6.45) is -3.27. The second-order valence-electron chi connectivity index (χ2n) is 8.06. The highest BCUT2D eigenvalue weighted by Gasteiger charge is 2.30. The lowest BCUT2D eigenvalue weighted by molar-refractivity contribution is -0.137. The molecule has 0 radical (unpaired) electrons. The molecule has 0 saturated heterocycles. The van der Waals surface area contributed by atoms with Crippen LogP contribution in [0.3, 0.4) is 0 Å². The van der Waals surface area contributed by atoms with E-state index in [2.05, 4.69) is 10.0 Å². The van der Waals surface area contributed by atoms with E-state index in [1.807, 2.05) is 30.3 Å². The summed E-state index contributed by atoms with van der Waals surface area (Å²) in [5.41, 5.74) is 0.697. The van der Waals surface area contributed by atoms with E-state index in [0.717, 1.165) is 17.7 Å². The van der Waals surface area contributed by atoms with Crippen LogP contribution in [0.5, 0.6) is 0 Å². The van der Waals surface area contributed by atoms with Gasteiger partial charge < -0.3 is 5.32 Å². The molecule has 0 bridgehead atoms. The number of benzene rings is 3. The average Bonchev–Trinajstić information content (AvgIpc) is 2.78. The van der Waals surface area contributed by atoms with Crippen LogP contribution in [0.1, 0.15) is 40.4 Å². The summed E-state index contributed by atoms with van der Waals surface area (Å²) in [7, 11) is -3.91. The van der Waals surface area contributed by atoms with Crippen LogP contribution in [-0.2, 0) is 22.6 Å². The Morgan fingerprint density at radius 1 is 0.971 bits per heavy atom. The maximum Gasteiger partial charge on any atom is 0.416 e. The number of aryl methyl sites for hydroxylation is 2. The van der Waals surface area contributed by atoms with Crippen LogP contribution in [0.4, 0.5) is 18.9 Å². The molecular formula is C25H25F3N2O3S. The first-order valence-electron chi connectivity index (χ1n) is 10.6. The van der Waals surface area contributed by atoms with Gasteiger partial charge in [0.25, 0.3) is 5.91 Å². The quantitative estimate of drug-likeness (QED) is 0.434. The second-order valence-corrected chi connectivity index (χ2v) is 9.77. The fourth-order valence-electron chi connectivity index (χ4n) is 3.40. The molecule has 0 spiro atoms. The van der Waals surface area contributed by atoms with Crippen LogP contribution in [0.2, 0.25) is 0 Å². The largest absolute Gasteiger partial charge is 0.416 e. The molecule has 0 aliphatic carbocycles. The van der Waals surface area contributed by atoms with Gasteiger partial charge in [-0.25, -0.2) is 13.1 Å². The number of anilines is 1. The molecule has 0 aliphatic rings. The highest BCUT2D eigenvalue weighted by atomic mass is 32.2. The lowest BCUT2D eigenvalue weighted by Crippen LogP contribution is -2.33. The molecule has 3 aromatic carbocycles. The fraction of sp³-hybridized carbons (Fsp3) is 0.240. The van der Waals surface area contributed by atoms with Crippen molar-refractivity contribution >= 4 is 21.6 Å². The predicted octanol–water partition coefficient (Wildman–Crippen LogP) is 5.57. The Kier molecular flexibility index (Phi) is 7.78. The summed E-state index contributed by atoms with van der Waals surface area (Å²) < 4.78 is 67.2. The van der Waals surface area contributed by atoms with Crippen LogP contribution in [0.25, 0.3) is 0 Å². The maximum absolute atomic E-state index is 12.9. The Morgan fingerprint density at radius 2 is 1.68 bits per heavy atom. The molecule has 180 valence electrons. The van der Waals surface area contributed by atoms with Crippen LogP contribution < -0.4 is 10.0 Å². The number of sulfonamides is 1. The lowest BCUT2D eigenvalue weighted by atomic mass is 10.1. The van der Waals surface area contributed by atoms with Gasteiger partial charge in [-0.05, 0) is 68.1 Å². The van der Waals surface area contributed by atoms with Gasteiger partial charge in [0.2, 0.25) is 10.0 Å². The molecule has 0 saturated carbocycles. The van der Waals surface area contributed by atoms with Gasteiger partial charge in [-0.2, -0.15) is 13.2 Å². The number of alkyl halides is 3. The SMILES string of the molecule is Cc1ccc(S(=O)(=O)N[C@@H](C)CCc2ccccc2)cc1C(=O)Nc1cccc(C(F)(F)F)c1. The number of hydrogen-bond donors (Lipinski definition) is 2. The van der Waals surface area contributed by atoms with Gasteiger partial charge in [0, 0.05) is 17.3 Å². The number of carbonyl (C=O) groups excluding carboxylic acids is 1. The fourth-order valence-corrected chi connectivity index (χ4v) is 4.71. The molecule has 3 rings (SSSR count). The van der Waals surface area contributed by atoms with E-state index in [9.17, 15) is 26.4 Å². The van der Waals surface area contributed by atoms with Crippen LogP contribution in [0.15, 0.2) is 77.7 Å². The van der Waals surface area contributed by atoms with E-state index in [4.69, 9.17) is 0 Å². The maximum atomic E-state index is 12.9. The first-order chi connectivity index (χ1) is 16.0. The van der Waals surface area contributed by atoms with E-state index < -0.39 is 27.7 Å². The predicted molar refractivity (Wildman–Crippen MR) is 125 cm³/mol. The average molecular weight is 491 g/mol. The van der Waals surface area contributed by atoms with Gasteiger partial charge >= 0.3 is 6.18 Å². The van der Waals surface area contributed by atoms with Crippen LogP contribution >= 0.6 is 0 Å². The van der Waals surface area contributed by atoms with Crippen molar-refractivity contribution in [3.63, 3.8) is 0 Å². The first kappa shape index (κ1) is 25.5. The van der Waals surface area contributed by atoms with Gasteiger partial charge in [0.1, 0.15) is 0 Å². The Bertz CT molecular complexity index is 1260. The van der Waals surface area contributed by atoms with Gasteiger partial charge in [0.15, 0.2) is 0 Å². The third-order valence-electron chi connectivity index (χ3n) is 5.28. The van der Waals surface area contributed by atoms with Crippen LogP contribution in [0, 0.1) is 6.92 Å². The molecule has 5 nitrogen and oxygen atoms in total. The smallest absolute Gasteiger partial charge is 0.322 e. The van der Waals surface area contributed by atoms with Crippen molar-refractivity contribution in [2.45, 2.75) is 43.8 Å². The van der Waals surface area contributed by atoms with Crippen LogP contribution in [-0.4, -0.2) is 20.4 Å². The van der Waals surface area contributed by atoms with Gasteiger partial charge in [-0.3, -0.25) is 4.79 Å². The van der Waals surface area contributed by atoms with Gasteiger partial charge in [-0.1, -0.05) is 42.5 Å². The molecular weight excluding hydrogens is 465 g/mol. The topological polar surface area (TPSA) is 75.3 Å². The summed E-state index contributed by atoms with van der Waals surface area (Å²) in [5, 5.41) is 2.42. The molecule has 1 atom stereocenters. The van der Waals surface area contributed by atoms with Gasteiger partial charge in [-0.15, -0.1) is 0 Å². The summed E-state index contributed by atoms with van der Waals surface area (Å²) in [6.45, 7) is 3.38. The number of halogens is 3. The van der Waals surface area contributed by atoms with Crippen molar-refractivity contribution < 1.29 is 26.4 Å². The molecule has 0 fully saturated rings. The highest BCUT2D eigenvalue weighted by Crippen LogP contribution is 2.31. The Labute approximate surface area is 197 Å². The zero-order valence-electron chi connectivity index (χ0n) is 18.7. The summed E-state index contributed by atoms with van der Waals surface area (Å²) in [5.74, 6) is -0.703. The van der Waals surface area contributed by atoms with Crippen molar-refractivity contribution in [1.82, 2.24) is 4.72 Å². The summed E-state index contributed by atoms with van der Waals surface area (Å²) in [6, 6.07) is 17.7. The Balaban J connectivity index is 1.73. The zero-order chi connectivity index (χ0) is 24.9. The third-order valence-corrected chi connectivity index (χ3v) is 6.86. The van der Waals surface area contributed by atoms with E-state index in [0.29, 0.717) is 18.4 Å². The highest BCUT2D eigenvalue weighted by molar-refractivity contribution is 7.89. The second kappa shape index (κ2) is 10.4. The number of hydrogen-bond acceptors (Lipinski definition) is 3.